The maximum Gasteiger partial charge on any atom is 0.341 e. The minimum absolute atomic E-state index is 0.132. The first kappa shape index (κ1) is 18.1. The minimum atomic E-state index is -1.22. The Morgan fingerprint density at radius 2 is 2.17 bits per heavy atom. The van der Waals surface area contributed by atoms with Gasteiger partial charge in [0.05, 0.1) is 19.8 Å². The molecule has 0 aliphatic carbocycles. The van der Waals surface area contributed by atoms with Crippen LogP contribution in [0.4, 0.5) is 0 Å². The Balaban J connectivity index is 2.06. The molecule has 1 fully saturated rings. The summed E-state index contributed by atoms with van der Waals surface area (Å²) in [6.45, 7) is 10.0. The van der Waals surface area contributed by atoms with Crippen molar-refractivity contribution in [2.75, 3.05) is 26.4 Å². The third kappa shape index (κ3) is 4.63. The van der Waals surface area contributed by atoms with Crippen LogP contribution in [0.3, 0.4) is 0 Å². The Morgan fingerprint density at radius 3 is 2.70 bits per heavy atom. The van der Waals surface area contributed by atoms with Gasteiger partial charge in [-0.3, -0.25) is 0 Å². The highest BCUT2D eigenvalue weighted by molar-refractivity contribution is 6.76. The Morgan fingerprint density at radius 1 is 1.48 bits per heavy atom. The van der Waals surface area contributed by atoms with E-state index < -0.39 is 19.6 Å². The third-order valence-corrected chi connectivity index (χ3v) is 5.30. The van der Waals surface area contributed by atoms with Crippen LogP contribution in [0.15, 0.2) is 6.20 Å². The average Bonchev–Trinajstić information content (AvgIpc) is 2.85. The van der Waals surface area contributed by atoms with Crippen LogP contribution in [0.1, 0.15) is 23.0 Å². The number of esters is 1. The van der Waals surface area contributed by atoms with Crippen molar-refractivity contribution in [2.45, 2.75) is 44.9 Å². The average molecular weight is 342 g/mol. The van der Waals surface area contributed by atoms with Gasteiger partial charge in [0.2, 0.25) is 0 Å². The fourth-order valence-electron chi connectivity index (χ4n) is 2.16. The van der Waals surface area contributed by atoms with Crippen LogP contribution in [-0.4, -0.2) is 55.4 Å². The summed E-state index contributed by atoms with van der Waals surface area (Å²) in [5.41, 5.74) is -0.645. The van der Waals surface area contributed by atoms with E-state index in [9.17, 15) is 9.90 Å². The largest absolute Gasteiger partial charge is 0.462 e. The molecule has 130 valence electrons. The Bertz CT molecular complexity index is 549. The highest BCUT2D eigenvalue weighted by Crippen LogP contribution is 2.31. The van der Waals surface area contributed by atoms with Gasteiger partial charge in [0.1, 0.15) is 18.0 Å². The molecule has 0 spiro atoms. The molecule has 0 radical (unpaired) electrons. The topological polar surface area (TPSA) is 82.8 Å². The van der Waals surface area contributed by atoms with Crippen LogP contribution in [0, 0.1) is 0 Å². The van der Waals surface area contributed by atoms with Crippen LogP contribution in [0.5, 0.6) is 0 Å². The number of hydrogen-bond donors (Lipinski definition) is 1. The number of ether oxygens (including phenoxy) is 3. The molecule has 0 amide bonds. The van der Waals surface area contributed by atoms with Crippen molar-refractivity contribution in [3.8, 4) is 0 Å². The number of nitrogens with zero attached hydrogens (tertiary/aromatic N) is 2. The van der Waals surface area contributed by atoms with E-state index in [1.807, 2.05) is 0 Å². The zero-order valence-electron chi connectivity index (χ0n) is 14.3. The molecule has 0 aromatic carbocycles. The van der Waals surface area contributed by atoms with Crippen molar-refractivity contribution < 1.29 is 24.1 Å². The van der Waals surface area contributed by atoms with Crippen LogP contribution in [-0.2, 0) is 26.5 Å². The first-order chi connectivity index (χ1) is 10.7. The number of rotatable bonds is 8. The molecular formula is C15H26N2O5Si. The lowest BCUT2D eigenvalue weighted by Crippen LogP contribution is -2.47. The molecule has 0 unspecified atom stereocenters. The quantitative estimate of drug-likeness (QED) is 0.439. The summed E-state index contributed by atoms with van der Waals surface area (Å²) >= 11 is 0. The summed E-state index contributed by atoms with van der Waals surface area (Å²) < 4.78 is 17.3. The molecule has 23 heavy (non-hydrogen) atoms. The van der Waals surface area contributed by atoms with Gasteiger partial charge in [-0.25, -0.2) is 9.48 Å². The van der Waals surface area contributed by atoms with E-state index in [0.29, 0.717) is 12.3 Å². The monoisotopic (exact) mass is 342 g/mol. The fourth-order valence-corrected chi connectivity index (χ4v) is 2.91. The predicted octanol–water partition coefficient (Wildman–Crippen LogP) is 1.59. The Labute approximate surface area is 137 Å². The van der Waals surface area contributed by atoms with E-state index in [1.54, 1.807) is 13.1 Å². The highest BCUT2D eigenvalue weighted by Gasteiger charge is 2.43. The van der Waals surface area contributed by atoms with E-state index >= 15 is 0 Å². The lowest BCUT2D eigenvalue weighted by atomic mass is 9.95. The number of aliphatic hydroxyl groups is 1. The summed E-state index contributed by atoms with van der Waals surface area (Å²) in [6.07, 6.45) is 1.57. The number of hydrogen-bond acceptors (Lipinski definition) is 6. The predicted molar refractivity (Wildman–Crippen MR) is 87.0 cm³/mol. The second kappa shape index (κ2) is 7.12. The summed E-state index contributed by atoms with van der Waals surface area (Å²) in [4.78, 5) is 12.1. The smallest absolute Gasteiger partial charge is 0.341 e. The Kier molecular flexibility index (Phi) is 5.61. The highest BCUT2D eigenvalue weighted by atomic mass is 28.3. The molecule has 1 aromatic rings. The van der Waals surface area contributed by atoms with Crippen LogP contribution in [0.25, 0.3) is 0 Å². The lowest BCUT2D eigenvalue weighted by molar-refractivity contribution is -0.187. The maximum atomic E-state index is 12.1. The standard InChI is InChI=1S/C15H26N2O5Si/c1-5-22-14(18)12-8-17(11-20-6-7-23(2,3)4)16-13(12)15(19)9-21-10-15/h8,19H,5-7,9-11H2,1-4H3. The first-order valence-corrected chi connectivity index (χ1v) is 11.6. The third-order valence-electron chi connectivity index (χ3n) is 3.60. The molecule has 0 bridgehead atoms. The second-order valence-electron chi connectivity index (χ2n) is 7.02. The molecule has 2 heterocycles. The molecule has 0 saturated carbocycles. The van der Waals surface area contributed by atoms with Crippen LogP contribution in [0.2, 0.25) is 25.7 Å². The molecule has 1 aliphatic heterocycles. The van der Waals surface area contributed by atoms with Gasteiger partial charge in [-0.1, -0.05) is 19.6 Å². The van der Waals surface area contributed by atoms with Gasteiger partial charge >= 0.3 is 5.97 Å². The molecule has 2 rings (SSSR count). The summed E-state index contributed by atoms with van der Waals surface area (Å²) in [7, 11) is -1.14. The molecular weight excluding hydrogens is 316 g/mol. The molecule has 1 saturated heterocycles. The summed E-state index contributed by atoms with van der Waals surface area (Å²) in [5.74, 6) is -0.490. The van der Waals surface area contributed by atoms with E-state index in [2.05, 4.69) is 24.7 Å². The zero-order chi connectivity index (χ0) is 17.1. The molecule has 7 nitrogen and oxygen atoms in total. The maximum absolute atomic E-state index is 12.1. The number of carbonyl (C=O) groups is 1. The molecule has 1 N–H and O–H groups in total. The lowest BCUT2D eigenvalue weighted by Gasteiger charge is -2.35. The summed E-state index contributed by atoms with van der Waals surface area (Å²) in [6, 6.07) is 1.06. The van der Waals surface area contributed by atoms with E-state index in [4.69, 9.17) is 14.2 Å². The first-order valence-electron chi connectivity index (χ1n) is 7.88. The number of aromatic nitrogens is 2. The normalized spacial score (nSPS) is 16.9. The van der Waals surface area contributed by atoms with Gasteiger partial charge in [0.25, 0.3) is 0 Å². The Hall–Kier alpha value is -1.22. The summed E-state index contributed by atoms with van der Waals surface area (Å²) in [5, 5.41) is 14.7. The van der Waals surface area contributed by atoms with Crippen molar-refractivity contribution in [2.24, 2.45) is 0 Å². The zero-order valence-corrected chi connectivity index (χ0v) is 15.3. The molecule has 0 atom stereocenters. The van der Waals surface area contributed by atoms with Gasteiger partial charge in [-0.15, -0.1) is 0 Å². The van der Waals surface area contributed by atoms with Crippen LogP contribution < -0.4 is 0 Å². The van der Waals surface area contributed by atoms with Crippen molar-refractivity contribution in [3.05, 3.63) is 17.5 Å². The van der Waals surface area contributed by atoms with Gasteiger partial charge < -0.3 is 19.3 Å². The molecule has 1 aromatic heterocycles. The minimum Gasteiger partial charge on any atom is -0.462 e. The van der Waals surface area contributed by atoms with E-state index in [1.165, 1.54) is 4.68 Å². The van der Waals surface area contributed by atoms with Gasteiger partial charge in [-0.05, 0) is 13.0 Å². The van der Waals surface area contributed by atoms with Gasteiger partial charge in [-0.2, -0.15) is 5.10 Å². The van der Waals surface area contributed by atoms with Gasteiger partial charge in [0.15, 0.2) is 5.60 Å². The number of carbonyl (C=O) groups excluding carboxylic acids is 1. The second-order valence-corrected chi connectivity index (χ2v) is 12.6. The SMILES string of the molecule is CCOC(=O)c1cn(COCC[Si](C)(C)C)nc1C1(O)COC1. The van der Waals surface area contributed by atoms with E-state index in [-0.39, 0.29) is 32.1 Å². The van der Waals surface area contributed by atoms with E-state index in [0.717, 1.165) is 6.04 Å². The fraction of sp³-hybridized carbons (Fsp3) is 0.733. The van der Waals surface area contributed by atoms with Crippen molar-refractivity contribution in [1.82, 2.24) is 9.78 Å². The van der Waals surface area contributed by atoms with Crippen molar-refractivity contribution in [3.63, 3.8) is 0 Å². The molecule has 8 heteroatoms. The van der Waals surface area contributed by atoms with Gasteiger partial charge in [0, 0.05) is 20.9 Å². The molecule has 1 aliphatic rings. The van der Waals surface area contributed by atoms with Crippen LogP contribution >= 0.6 is 0 Å². The van der Waals surface area contributed by atoms with Crippen molar-refractivity contribution in [1.29, 1.82) is 0 Å². The van der Waals surface area contributed by atoms with Crippen molar-refractivity contribution >= 4 is 14.0 Å².